The van der Waals surface area contributed by atoms with Gasteiger partial charge in [-0.15, -0.1) is 11.3 Å². The summed E-state index contributed by atoms with van der Waals surface area (Å²) in [5.41, 5.74) is 1.31. The van der Waals surface area contributed by atoms with Crippen LogP contribution in [0.1, 0.15) is 56.1 Å². The lowest BCUT2D eigenvalue weighted by molar-refractivity contribution is 0.422. The van der Waals surface area contributed by atoms with Gasteiger partial charge in [0, 0.05) is 48.7 Å². The molecule has 21 heavy (non-hydrogen) atoms. The van der Waals surface area contributed by atoms with Crippen LogP contribution in [0.2, 0.25) is 0 Å². The number of rotatable bonds is 4. The molecule has 0 amide bonds. The van der Waals surface area contributed by atoms with Crippen molar-refractivity contribution in [2.24, 2.45) is 0 Å². The number of thiazole rings is 1. The Morgan fingerprint density at radius 1 is 1.43 bits per heavy atom. The van der Waals surface area contributed by atoms with Gasteiger partial charge in [-0.2, -0.15) is 0 Å². The molecule has 1 aliphatic heterocycles. The first kappa shape index (κ1) is 14.7. The summed E-state index contributed by atoms with van der Waals surface area (Å²) in [7, 11) is 0. The molecule has 114 valence electrons. The van der Waals surface area contributed by atoms with Crippen molar-refractivity contribution in [3.8, 4) is 0 Å². The molecule has 2 aromatic heterocycles. The first-order chi connectivity index (χ1) is 10.0. The van der Waals surface area contributed by atoms with E-state index in [9.17, 15) is 0 Å². The van der Waals surface area contributed by atoms with E-state index in [1.54, 1.807) is 11.3 Å². The highest BCUT2D eigenvalue weighted by Gasteiger charge is 2.21. The maximum Gasteiger partial charge on any atom is 0.113 e. The van der Waals surface area contributed by atoms with Crippen molar-refractivity contribution in [3.63, 3.8) is 0 Å². The fourth-order valence-electron chi connectivity index (χ4n) is 2.81. The second kappa shape index (κ2) is 5.89. The van der Waals surface area contributed by atoms with E-state index < -0.39 is 0 Å². The zero-order valence-corrected chi connectivity index (χ0v) is 13.9. The van der Waals surface area contributed by atoms with Crippen molar-refractivity contribution in [2.75, 3.05) is 6.54 Å². The van der Waals surface area contributed by atoms with Gasteiger partial charge in [-0.25, -0.2) is 9.97 Å². The largest absolute Gasteiger partial charge is 0.335 e. The molecule has 1 unspecified atom stereocenters. The Morgan fingerprint density at radius 3 is 3.05 bits per heavy atom. The van der Waals surface area contributed by atoms with E-state index in [-0.39, 0.29) is 5.41 Å². The van der Waals surface area contributed by atoms with Gasteiger partial charge in [0.05, 0.1) is 10.7 Å². The van der Waals surface area contributed by atoms with Gasteiger partial charge in [-0.3, -0.25) is 0 Å². The number of aryl methyl sites for hydroxylation is 1. The van der Waals surface area contributed by atoms with Crippen LogP contribution in [0.3, 0.4) is 0 Å². The Labute approximate surface area is 130 Å². The lowest BCUT2D eigenvalue weighted by Crippen LogP contribution is -2.26. The molecule has 0 saturated carbocycles. The van der Waals surface area contributed by atoms with Gasteiger partial charge in [-0.1, -0.05) is 20.8 Å². The van der Waals surface area contributed by atoms with Gasteiger partial charge >= 0.3 is 0 Å². The second-order valence-electron chi connectivity index (χ2n) is 6.84. The Morgan fingerprint density at radius 2 is 2.29 bits per heavy atom. The van der Waals surface area contributed by atoms with Crippen molar-refractivity contribution in [1.29, 1.82) is 0 Å². The van der Waals surface area contributed by atoms with Gasteiger partial charge in [0.1, 0.15) is 5.82 Å². The van der Waals surface area contributed by atoms with E-state index in [4.69, 9.17) is 4.98 Å². The van der Waals surface area contributed by atoms with Crippen LogP contribution < -0.4 is 5.32 Å². The summed E-state index contributed by atoms with van der Waals surface area (Å²) in [6, 6.07) is 0. The molecule has 5 heteroatoms. The summed E-state index contributed by atoms with van der Waals surface area (Å²) in [6.07, 6.45) is 6.50. The van der Waals surface area contributed by atoms with Crippen molar-refractivity contribution < 1.29 is 0 Å². The average molecular weight is 304 g/mol. The van der Waals surface area contributed by atoms with Crippen LogP contribution in [-0.4, -0.2) is 21.1 Å². The van der Waals surface area contributed by atoms with Crippen LogP contribution in [0.5, 0.6) is 0 Å². The number of hydrogen-bond acceptors (Lipinski definition) is 4. The molecule has 0 fully saturated rings. The standard InChI is InChI=1S/C16H24N4S/c1-16(2,3)15-19-13(11-21-15)10-17-9-12-5-4-7-20-8-6-18-14(12)20/h6,8,11-12,17H,4-5,7,9-10H2,1-3H3. The SMILES string of the molecule is CC(C)(C)c1nc(CNCC2CCCn3ccnc32)cs1. The minimum atomic E-state index is 0.150. The van der Waals surface area contributed by atoms with Crippen LogP contribution in [0.25, 0.3) is 0 Å². The van der Waals surface area contributed by atoms with Crippen molar-refractivity contribution in [1.82, 2.24) is 19.9 Å². The molecule has 2 aromatic rings. The number of fused-ring (bicyclic) bond motifs is 1. The van der Waals surface area contributed by atoms with Gasteiger partial charge in [0.15, 0.2) is 0 Å². The lowest BCUT2D eigenvalue weighted by Gasteiger charge is -2.23. The quantitative estimate of drug-likeness (QED) is 0.942. The summed E-state index contributed by atoms with van der Waals surface area (Å²) >= 11 is 1.76. The molecular formula is C16H24N4S. The highest BCUT2D eigenvalue weighted by molar-refractivity contribution is 7.09. The van der Waals surface area contributed by atoms with Crippen LogP contribution in [0, 0.1) is 0 Å². The maximum absolute atomic E-state index is 4.73. The number of nitrogens with zero attached hydrogens (tertiary/aromatic N) is 3. The molecule has 3 rings (SSSR count). The monoisotopic (exact) mass is 304 g/mol. The average Bonchev–Trinajstić information content (AvgIpc) is 3.06. The molecule has 0 radical (unpaired) electrons. The van der Waals surface area contributed by atoms with E-state index >= 15 is 0 Å². The molecule has 1 aliphatic rings. The van der Waals surface area contributed by atoms with Crippen molar-refractivity contribution in [3.05, 3.63) is 34.3 Å². The first-order valence-electron chi connectivity index (χ1n) is 7.70. The fraction of sp³-hybridized carbons (Fsp3) is 0.625. The molecule has 0 spiro atoms. The van der Waals surface area contributed by atoms with E-state index in [2.05, 4.69) is 47.2 Å². The minimum absolute atomic E-state index is 0.150. The fourth-order valence-corrected chi connectivity index (χ4v) is 3.71. The lowest BCUT2D eigenvalue weighted by atomic mass is 9.98. The smallest absolute Gasteiger partial charge is 0.113 e. The predicted octanol–water partition coefficient (Wildman–Crippen LogP) is 3.30. The van der Waals surface area contributed by atoms with Crippen molar-refractivity contribution in [2.45, 2.75) is 58.0 Å². The van der Waals surface area contributed by atoms with Crippen LogP contribution in [0.4, 0.5) is 0 Å². The van der Waals surface area contributed by atoms with Gasteiger partial charge in [-0.05, 0) is 12.8 Å². The van der Waals surface area contributed by atoms with Gasteiger partial charge in [0.25, 0.3) is 0 Å². The third-order valence-electron chi connectivity index (χ3n) is 3.95. The molecule has 0 aliphatic carbocycles. The van der Waals surface area contributed by atoms with E-state index in [1.165, 1.54) is 23.7 Å². The highest BCUT2D eigenvalue weighted by atomic mass is 32.1. The first-order valence-corrected chi connectivity index (χ1v) is 8.58. The summed E-state index contributed by atoms with van der Waals surface area (Å²) in [5.74, 6) is 1.77. The molecule has 0 saturated heterocycles. The Hall–Kier alpha value is -1.20. The van der Waals surface area contributed by atoms with Gasteiger partial charge in [0.2, 0.25) is 0 Å². The number of imidazole rings is 1. The number of nitrogens with one attached hydrogen (secondary N) is 1. The molecule has 0 bridgehead atoms. The van der Waals surface area contributed by atoms with Crippen LogP contribution >= 0.6 is 11.3 Å². The van der Waals surface area contributed by atoms with Crippen molar-refractivity contribution >= 4 is 11.3 Å². The number of aromatic nitrogens is 3. The Bertz CT molecular complexity index is 593. The summed E-state index contributed by atoms with van der Waals surface area (Å²) in [4.78, 5) is 9.24. The predicted molar refractivity (Wildman–Crippen MR) is 86.7 cm³/mol. The second-order valence-corrected chi connectivity index (χ2v) is 7.70. The molecule has 1 atom stereocenters. The van der Waals surface area contributed by atoms with Crippen LogP contribution in [-0.2, 0) is 18.5 Å². The molecular weight excluding hydrogens is 280 g/mol. The summed E-state index contributed by atoms with van der Waals surface area (Å²) < 4.78 is 2.29. The Kier molecular flexibility index (Phi) is 4.13. The van der Waals surface area contributed by atoms with E-state index in [0.29, 0.717) is 5.92 Å². The number of hydrogen-bond donors (Lipinski definition) is 1. The third kappa shape index (κ3) is 3.35. The normalized spacial score (nSPS) is 18.7. The Balaban J connectivity index is 1.54. The minimum Gasteiger partial charge on any atom is -0.335 e. The topological polar surface area (TPSA) is 42.7 Å². The zero-order chi connectivity index (χ0) is 14.9. The van der Waals surface area contributed by atoms with E-state index in [1.807, 2.05) is 6.20 Å². The zero-order valence-electron chi connectivity index (χ0n) is 13.1. The molecule has 4 nitrogen and oxygen atoms in total. The van der Waals surface area contributed by atoms with Crippen LogP contribution in [0.15, 0.2) is 17.8 Å². The van der Waals surface area contributed by atoms with E-state index in [0.717, 1.165) is 25.3 Å². The molecule has 3 heterocycles. The maximum atomic E-state index is 4.73. The summed E-state index contributed by atoms with van der Waals surface area (Å²) in [6.45, 7) is 9.59. The highest BCUT2D eigenvalue weighted by Crippen LogP contribution is 2.26. The van der Waals surface area contributed by atoms with Gasteiger partial charge < -0.3 is 9.88 Å². The third-order valence-corrected chi connectivity index (χ3v) is 5.27. The summed E-state index contributed by atoms with van der Waals surface area (Å²) in [5, 5.41) is 6.95. The molecule has 1 N–H and O–H groups in total. The molecule has 0 aromatic carbocycles.